The summed E-state index contributed by atoms with van der Waals surface area (Å²) in [6.45, 7) is 3.36. The molecule has 1 aliphatic rings. The predicted molar refractivity (Wildman–Crippen MR) is 59.4 cm³/mol. The highest BCUT2D eigenvalue weighted by Gasteiger charge is 2.38. The maximum Gasteiger partial charge on any atom is 0.274 e. The average molecular weight is 265 g/mol. The van der Waals surface area contributed by atoms with Crippen LogP contribution >= 0.6 is 0 Å². The third-order valence-electron chi connectivity index (χ3n) is 2.81. The van der Waals surface area contributed by atoms with E-state index in [0.717, 1.165) is 6.07 Å². The van der Waals surface area contributed by atoms with Crippen molar-refractivity contribution in [2.45, 2.75) is 19.4 Å². The topological polar surface area (TPSA) is 96.0 Å². The van der Waals surface area contributed by atoms with Gasteiger partial charge in [-0.2, -0.15) is 4.68 Å². The van der Waals surface area contributed by atoms with Gasteiger partial charge >= 0.3 is 0 Å². The fraction of sp³-hybridized carbons (Fsp3) is 0.300. The molecule has 2 heterocycles. The zero-order chi connectivity index (χ0) is 13.8. The second-order valence-electron chi connectivity index (χ2n) is 4.56. The van der Waals surface area contributed by atoms with Crippen molar-refractivity contribution in [3.63, 3.8) is 0 Å². The molecule has 19 heavy (non-hydrogen) atoms. The van der Waals surface area contributed by atoms with Crippen LogP contribution in [0.15, 0.2) is 12.1 Å². The van der Waals surface area contributed by atoms with Crippen molar-refractivity contribution in [3.05, 3.63) is 33.9 Å². The van der Waals surface area contributed by atoms with Gasteiger partial charge < -0.3 is 4.74 Å². The number of hydrogen-bond acceptors (Lipinski definition) is 6. The molecule has 1 aromatic heterocycles. The second kappa shape index (κ2) is 3.46. The number of benzene rings is 1. The molecule has 0 spiro atoms. The summed E-state index contributed by atoms with van der Waals surface area (Å²) in [5, 5.41) is 21.8. The van der Waals surface area contributed by atoms with Crippen LogP contribution in [0.3, 0.4) is 0 Å². The number of hydrogen-bond donors (Lipinski definition) is 0. The van der Waals surface area contributed by atoms with Crippen molar-refractivity contribution in [2.75, 3.05) is 0 Å². The van der Waals surface area contributed by atoms with Crippen molar-refractivity contribution < 1.29 is 14.1 Å². The van der Waals surface area contributed by atoms with E-state index in [4.69, 9.17) is 4.74 Å². The highest BCUT2D eigenvalue weighted by Crippen LogP contribution is 2.40. The van der Waals surface area contributed by atoms with E-state index in [1.165, 1.54) is 10.7 Å². The summed E-state index contributed by atoms with van der Waals surface area (Å²) in [4.78, 5) is 10.1. The zero-order valence-corrected chi connectivity index (χ0v) is 9.99. The number of rotatable bonds is 1. The lowest BCUT2D eigenvalue weighted by molar-refractivity contribution is -0.385. The SMILES string of the molecule is CC1(C)Oc2c(F)cc([N+](=O)[O-])cc2-n2nnnc21. The molecule has 0 radical (unpaired) electrons. The van der Waals surface area contributed by atoms with Gasteiger partial charge in [-0.05, 0) is 24.3 Å². The number of tetrazole rings is 1. The van der Waals surface area contributed by atoms with Gasteiger partial charge in [-0.15, -0.1) is 5.10 Å². The number of nitro benzene ring substituents is 1. The summed E-state index contributed by atoms with van der Waals surface area (Å²) in [7, 11) is 0. The number of halogens is 1. The van der Waals surface area contributed by atoms with Gasteiger partial charge in [0, 0.05) is 6.07 Å². The Balaban J connectivity index is 2.31. The lowest BCUT2D eigenvalue weighted by Crippen LogP contribution is -2.34. The van der Waals surface area contributed by atoms with Gasteiger partial charge in [-0.25, -0.2) is 4.39 Å². The number of nitrogens with zero attached hydrogens (tertiary/aromatic N) is 5. The van der Waals surface area contributed by atoms with Gasteiger partial charge in [0.05, 0.1) is 11.0 Å². The minimum atomic E-state index is -0.923. The number of nitro groups is 1. The molecule has 0 saturated carbocycles. The smallest absolute Gasteiger partial charge is 0.274 e. The summed E-state index contributed by atoms with van der Waals surface area (Å²) in [6, 6.07) is 1.98. The molecule has 1 aliphatic heterocycles. The quantitative estimate of drug-likeness (QED) is 0.570. The maximum absolute atomic E-state index is 13.9. The summed E-state index contributed by atoms with van der Waals surface area (Å²) >= 11 is 0. The molecule has 0 unspecified atom stereocenters. The van der Waals surface area contributed by atoms with Crippen LogP contribution in [0.2, 0.25) is 0 Å². The van der Waals surface area contributed by atoms with E-state index < -0.39 is 16.3 Å². The molecule has 0 bridgehead atoms. The number of aromatic nitrogens is 4. The minimum Gasteiger partial charge on any atom is -0.474 e. The van der Waals surface area contributed by atoms with E-state index in [2.05, 4.69) is 15.5 Å². The molecule has 0 fully saturated rings. The number of fused-ring (bicyclic) bond motifs is 3. The van der Waals surface area contributed by atoms with E-state index in [1.54, 1.807) is 13.8 Å². The Morgan fingerprint density at radius 1 is 1.47 bits per heavy atom. The third kappa shape index (κ3) is 1.54. The summed E-state index contributed by atoms with van der Waals surface area (Å²) in [6.07, 6.45) is 0. The molecular weight excluding hydrogens is 257 g/mol. The van der Waals surface area contributed by atoms with Gasteiger partial charge in [-0.3, -0.25) is 10.1 Å². The molecule has 3 rings (SSSR count). The average Bonchev–Trinajstić information content (AvgIpc) is 2.80. The fourth-order valence-electron chi connectivity index (χ4n) is 1.95. The van der Waals surface area contributed by atoms with Gasteiger partial charge in [0.15, 0.2) is 23.0 Å². The molecule has 1 aromatic carbocycles. The van der Waals surface area contributed by atoms with E-state index in [0.29, 0.717) is 5.82 Å². The molecule has 8 nitrogen and oxygen atoms in total. The fourth-order valence-corrected chi connectivity index (χ4v) is 1.95. The first-order chi connectivity index (χ1) is 8.90. The van der Waals surface area contributed by atoms with Crippen molar-refractivity contribution in [1.29, 1.82) is 0 Å². The van der Waals surface area contributed by atoms with E-state index in [1.807, 2.05) is 0 Å². The highest BCUT2D eigenvalue weighted by molar-refractivity contribution is 5.56. The minimum absolute atomic E-state index is 0.101. The van der Waals surface area contributed by atoms with Crippen molar-refractivity contribution in [1.82, 2.24) is 20.2 Å². The summed E-state index contributed by atoms with van der Waals surface area (Å²) in [5.74, 6) is -0.575. The van der Waals surface area contributed by atoms with E-state index in [-0.39, 0.29) is 17.1 Å². The normalized spacial score (nSPS) is 15.3. The Bertz CT molecular complexity index is 696. The van der Waals surface area contributed by atoms with Crippen LogP contribution in [0.1, 0.15) is 19.7 Å². The van der Waals surface area contributed by atoms with Gasteiger partial charge in [-0.1, -0.05) is 0 Å². The first-order valence-corrected chi connectivity index (χ1v) is 5.36. The lowest BCUT2D eigenvalue weighted by Gasteiger charge is -2.30. The molecule has 0 amide bonds. The largest absolute Gasteiger partial charge is 0.474 e. The Morgan fingerprint density at radius 2 is 2.21 bits per heavy atom. The monoisotopic (exact) mass is 265 g/mol. The molecule has 0 aliphatic carbocycles. The predicted octanol–water partition coefficient (Wildman–Crippen LogP) is 1.34. The van der Waals surface area contributed by atoms with Crippen LogP contribution < -0.4 is 4.74 Å². The molecule has 0 N–H and O–H groups in total. The third-order valence-corrected chi connectivity index (χ3v) is 2.81. The Morgan fingerprint density at radius 3 is 2.89 bits per heavy atom. The van der Waals surface area contributed by atoms with Crippen LogP contribution in [0.5, 0.6) is 5.75 Å². The van der Waals surface area contributed by atoms with Crippen LogP contribution in [0, 0.1) is 15.9 Å². The van der Waals surface area contributed by atoms with Crippen LogP contribution in [-0.2, 0) is 5.60 Å². The van der Waals surface area contributed by atoms with Crippen molar-refractivity contribution in [2.24, 2.45) is 0 Å². The molecule has 9 heteroatoms. The maximum atomic E-state index is 13.9. The van der Waals surface area contributed by atoms with Crippen LogP contribution in [-0.4, -0.2) is 25.1 Å². The standard InChI is InChI=1S/C10H8FN5O3/c1-10(2)9-12-13-14-15(9)7-4-5(16(17)18)3-6(11)8(7)19-10/h3-4H,1-2H3. The zero-order valence-electron chi connectivity index (χ0n) is 9.99. The molecule has 98 valence electrons. The second-order valence-corrected chi connectivity index (χ2v) is 4.56. The van der Waals surface area contributed by atoms with Gasteiger partial charge in [0.2, 0.25) is 0 Å². The Hall–Kier alpha value is -2.58. The van der Waals surface area contributed by atoms with Gasteiger partial charge in [0.25, 0.3) is 5.69 Å². The van der Waals surface area contributed by atoms with Crippen LogP contribution in [0.25, 0.3) is 5.69 Å². The number of ether oxygens (including phenoxy) is 1. The molecule has 0 saturated heterocycles. The first-order valence-electron chi connectivity index (χ1n) is 5.36. The summed E-state index contributed by atoms with van der Waals surface area (Å²) < 4.78 is 20.7. The molecule has 2 aromatic rings. The lowest BCUT2D eigenvalue weighted by atomic mass is 10.1. The Labute approximate surface area is 105 Å². The van der Waals surface area contributed by atoms with E-state index in [9.17, 15) is 14.5 Å². The molecule has 0 atom stereocenters. The van der Waals surface area contributed by atoms with Crippen molar-refractivity contribution in [3.8, 4) is 11.4 Å². The Kier molecular flexibility index (Phi) is 2.10. The van der Waals surface area contributed by atoms with Crippen LogP contribution in [0.4, 0.5) is 10.1 Å². The first kappa shape index (κ1) is 11.5. The highest BCUT2D eigenvalue weighted by atomic mass is 19.1. The van der Waals surface area contributed by atoms with E-state index >= 15 is 0 Å². The van der Waals surface area contributed by atoms with Gasteiger partial charge in [0.1, 0.15) is 5.69 Å². The number of non-ortho nitro benzene ring substituents is 1. The molecular formula is C10H8FN5O3. The van der Waals surface area contributed by atoms with Crippen molar-refractivity contribution >= 4 is 5.69 Å². The summed E-state index contributed by atoms with van der Waals surface area (Å²) in [5.41, 5.74) is -1.19.